The third-order valence-corrected chi connectivity index (χ3v) is 3.94. The summed E-state index contributed by atoms with van der Waals surface area (Å²) in [4.78, 5) is -0.361. The van der Waals surface area contributed by atoms with Crippen molar-refractivity contribution in [3.63, 3.8) is 0 Å². The number of sulfone groups is 1. The van der Waals surface area contributed by atoms with Crippen LogP contribution >= 0.6 is 0 Å². The normalized spacial score (nSPS) is 28.2. The van der Waals surface area contributed by atoms with E-state index in [2.05, 4.69) is 0 Å². The van der Waals surface area contributed by atoms with E-state index >= 15 is 0 Å². The first-order valence-electron chi connectivity index (χ1n) is 4.77. The molecule has 1 aliphatic rings. The van der Waals surface area contributed by atoms with Crippen LogP contribution in [0.2, 0.25) is 0 Å². The third kappa shape index (κ3) is 1.74. The summed E-state index contributed by atoms with van der Waals surface area (Å²) in [5, 5.41) is 18.9. The summed E-state index contributed by atoms with van der Waals surface area (Å²) < 4.78 is 49.7. The van der Waals surface area contributed by atoms with Crippen LogP contribution in [-0.2, 0) is 9.84 Å². The summed E-state index contributed by atoms with van der Waals surface area (Å²) in [5.74, 6) is -0.931. The first kappa shape index (κ1) is 12.4. The molecular weight excluding hydrogens is 254 g/mol. The van der Waals surface area contributed by atoms with Gasteiger partial charge in [-0.2, -0.15) is 0 Å². The SMILES string of the molecule is CS(=O)(=O)c1ccc(F)c2c1[C@H](O)[C@H](F)[C@H]2O. The molecule has 94 valence electrons. The molecule has 0 aromatic heterocycles. The second-order valence-corrected chi connectivity index (χ2v) is 5.96. The summed E-state index contributed by atoms with van der Waals surface area (Å²) in [7, 11) is -3.73. The number of hydrogen-bond donors (Lipinski definition) is 2. The number of fused-ring (bicyclic) bond motifs is 1. The molecule has 7 heteroatoms. The fourth-order valence-electron chi connectivity index (χ4n) is 2.01. The number of aliphatic hydroxyl groups is 2. The molecule has 4 nitrogen and oxygen atoms in total. The summed E-state index contributed by atoms with van der Waals surface area (Å²) in [6, 6.07) is 1.79. The molecule has 0 saturated heterocycles. The number of halogens is 2. The van der Waals surface area contributed by atoms with Crippen molar-refractivity contribution in [1.29, 1.82) is 0 Å². The number of benzene rings is 1. The van der Waals surface area contributed by atoms with Gasteiger partial charge in [-0.25, -0.2) is 17.2 Å². The van der Waals surface area contributed by atoms with E-state index in [0.29, 0.717) is 0 Å². The van der Waals surface area contributed by atoms with Crippen LogP contribution < -0.4 is 0 Å². The maximum atomic E-state index is 13.4. The first-order chi connectivity index (χ1) is 7.75. The van der Waals surface area contributed by atoms with Crippen molar-refractivity contribution in [1.82, 2.24) is 0 Å². The molecule has 0 fully saturated rings. The maximum absolute atomic E-state index is 13.4. The molecule has 0 aliphatic heterocycles. The molecule has 0 bridgehead atoms. The van der Waals surface area contributed by atoms with Gasteiger partial charge in [-0.3, -0.25) is 0 Å². The fourth-order valence-corrected chi connectivity index (χ4v) is 2.96. The smallest absolute Gasteiger partial charge is 0.175 e. The Morgan fingerprint density at radius 3 is 2.24 bits per heavy atom. The Morgan fingerprint density at radius 2 is 1.71 bits per heavy atom. The molecule has 0 unspecified atom stereocenters. The maximum Gasteiger partial charge on any atom is 0.175 e. The highest BCUT2D eigenvalue weighted by atomic mass is 32.2. The highest BCUT2D eigenvalue weighted by molar-refractivity contribution is 7.90. The third-order valence-electron chi connectivity index (χ3n) is 2.79. The van der Waals surface area contributed by atoms with E-state index in [1.54, 1.807) is 0 Å². The Kier molecular flexibility index (Phi) is 2.72. The lowest BCUT2D eigenvalue weighted by Crippen LogP contribution is -2.13. The number of rotatable bonds is 1. The van der Waals surface area contributed by atoms with E-state index in [9.17, 15) is 27.4 Å². The van der Waals surface area contributed by atoms with Gasteiger partial charge < -0.3 is 10.2 Å². The summed E-state index contributed by atoms with van der Waals surface area (Å²) in [6.45, 7) is 0. The van der Waals surface area contributed by atoms with Crippen molar-refractivity contribution in [2.75, 3.05) is 6.26 Å². The van der Waals surface area contributed by atoms with Gasteiger partial charge in [0.15, 0.2) is 16.0 Å². The summed E-state index contributed by atoms with van der Waals surface area (Å²) >= 11 is 0. The van der Waals surface area contributed by atoms with Crippen molar-refractivity contribution in [2.24, 2.45) is 0 Å². The topological polar surface area (TPSA) is 74.6 Å². The number of alkyl halides is 1. The Morgan fingerprint density at radius 1 is 1.18 bits per heavy atom. The minimum Gasteiger partial charge on any atom is -0.385 e. The number of aliphatic hydroxyl groups excluding tert-OH is 2. The van der Waals surface area contributed by atoms with Gasteiger partial charge in [0.1, 0.15) is 18.0 Å². The van der Waals surface area contributed by atoms with E-state index in [1.807, 2.05) is 0 Å². The van der Waals surface area contributed by atoms with E-state index in [4.69, 9.17) is 0 Å². The zero-order valence-corrected chi connectivity index (χ0v) is 9.58. The first-order valence-corrected chi connectivity index (χ1v) is 6.67. The van der Waals surface area contributed by atoms with Crippen LogP contribution in [0, 0.1) is 5.82 Å². The zero-order valence-electron chi connectivity index (χ0n) is 8.76. The minimum atomic E-state index is -3.73. The predicted octanol–water partition coefficient (Wildman–Crippen LogP) is 0.648. The second kappa shape index (κ2) is 3.72. The number of hydrogen-bond acceptors (Lipinski definition) is 4. The van der Waals surface area contributed by atoms with Crippen molar-refractivity contribution >= 4 is 9.84 Å². The lowest BCUT2D eigenvalue weighted by atomic mass is 10.1. The molecule has 2 rings (SSSR count). The van der Waals surface area contributed by atoms with Crippen molar-refractivity contribution in [3.8, 4) is 0 Å². The molecule has 1 aromatic rings. The van der Waals surface area contributed by atoms with Crippen LogP contribution in [0.5, 0.6) is 0 Å². The molecule has 0 radical (unpaired) electrons. The fraction of sp³-hybridized carbons (Fsp3) is 0.400. The van der Waals surface area contributed by atoms with Crippen LogP contribution in [0.25, 0.3) is 0 Å². The van der Waals surface area contributed by atoms with Gasteiger partial charge in [0, 0.05) is 17.4 Å². The molecule has 0 heterocycles. The molecular formula is C10H10F2O4S. The van der Waals surface area contributed by atoms with Crippen LogP contribution in [0.3, 0.4) is 0 Å². The molecule has 0 saturated carbocycles. The van der Waals surface area contributed by atoms with Gasteiger partial charge in [-0.05, 0) is 12.1 Å². The van der Waals surface area contributed by atoms with Crippen molar-refractivity contribution in [3.05, 3.63) is 29.1 Å². The van der Waals surface area contributed by atoms with E-state index in [-0.39, 0.29) is 10.5 Å². The molecule has 1 aliphatic carbocycles. The second-order valence-electron chi connectivity index (χ2n) is 3.98. The predicted molar refractivity (Wildman–Crippen MR) is 54.3 cm³/mol. The molecule has 2 N–H and O–H groups in total. The molecule has 3 atom stereocenters. The largest absolute Gasteiger partial charge is 0.385 e. The Hall–Kier alpha value is -1.05. The van der Waals surface area contributed by atoms with Crippen molar-refractivity contribution < 1.29 is 27.4 Å². The van der Waals surface area contributed by atoms with Crippen LogP contribution in [-0.4, -0.2) is 31.1 Å². The van der Waals surface area contributed by atoms with Gasteiger partial charge in [0.25, 0.3) is 0 Å². The Labute approximate surface area is 96.4 Å². The van der Waals surface area contributed by atoms with Gasteiger partial charge in [-0.1, -0.05) is 0 Å². The molecule has 0 amide bonds. The zero-order chi connectivity index (χ0) is 13.0. The van der Waals surface area contributed by atoms with E-state index in [0.717, 1.165) is 18.4 Å². The molecule has 1 aromatic carbocycles. The van der Waals surface area contributed by atoms with Crippen LogP contribution in [0.15, 0.2) is 17.0 Å². The van der Waals surface area contributed by atoms with E-state index in [1.165, 1.54) is 0 Å². The Bertz CT molecular complexity index is 570. The van der Waals surface area contributed by atoms with Gasteiger partial charge >= 0.3 is 0 Å². The average Bonchev–Trinajstić information content (AvgIpc) is 2.43. The minimum absolute atomic E-state index is 0.361. The summed E-state index contributed by atoms with van der Waals surface area (Å²) in [6.07, 6.45) is -4.94. The van der Waals surface area contributed by atoms with E-state index < -0.39 is 39.6 Å². The molecule has 17 heavy (non-hydrogen) atoms. The Balaban J connectivity index is 2.80. The van der Waals surface area contributed by atoms with Gasteiger partial charge in [0.2, 0.25) is 0 Å². The van der Waals surface area contributed by atoms with Crippen LogP contribution in [0.1, 0.15) is 23.3 Å². The quantitative estimate of drug-likeness (QED) is 0.730. The monoisotopic (exact) mass is 264 g/mol. The summed E-state index contributed by atoms with van der Waals surface area (Å²) in [5.41, 5.74) is -0.861. The van der Waals surface area contributed by atoms with Gasteiger partial charge in [-0.15, -0.1) is 0 Å². The van der Waals surface area contributed by atoms with Gasteiger partial charge in [0.05, 0.1) is 4.90 Å². The highest BCUT2D eigenvalue weighted by Crippen LogP contribution is 2.45. The highest BCUT2D eigenvalue weighted by Gasteiger charge is 2.44. The lowest BCUT2D eigenvalue weighted by Gasteiger charge is -2.10. The van der Waals surface area contributed by atoms with Crippen molar-refractivity contribution in [2.45, 2.75) is 23.3 Å². The van der Waals surface area contributed by atoms with Crippen LogP contribution in [0.4, 0.5) is 8.78 Å². The lowest BCUT2D eigenvalue weighted by molar-refractivity contribution is 0.00799. The average molecular weight is 264 g/mol. The standard InChI is InChI=1S/C10H10F2O4S/c1-17(15,16)5-3-2-4(11)6-7(5)10(14)8(12)9(6)13/h2-3,8-10,13-14H,1H3/t8-,9+,10+/m1/s1. The molecule has 0 spiro atoms.